The van der Waals surface area contributed by atoms with Crippen LogP contribution in [0.5, 0.6) is 0 Å². The average molecular weight is 264 g/mol. The molecule has 106 valence electrons. The van der Waals surface area contributed by atoms with Crippen molar-refractivity contribution in [1.82, 2.24) is 0 Å². The number of ether oxygens (including phenoxy) is 2. The third kappa shape index (κ3) is 3.56. The van der Waals surface area contributed by atoms with Gasteiger partial charge in [-0.25, -0.2) is 0 Å². The van der Waals surface area contributed by atoms with Gasteiger partial charge in [0, 0.05) is 20.6 Å². The molecule has 0 aromatic heterocycles. The van der Waals surface area contributed by atoms with E-state index in [0.29, 0.717) is 6.42 Å². The Hall–Kier alpha value is -0.900. The van der Waals surface area contributed by atoms with Crippen molar-refractivity contribution in [2.45, 2.75) is 43.8 Å². The molecule has 3 nitrogen and oxygen atoms in total. The molecule has 1 saturated carbocycles. The normalized spacial score (nSPS) is 18.9. The van der Waals surface area contributed by atoms with E-state index in [1.165, 1.54) is 12.0 Å². The Morgan fingerprint density at radius 3 is 2.37 bits per heavy atom. The molecule has 0 amide bonds. The van der Waals surface area contributed by atoms with Crippen LogP contribution in [0.25, 0.3) is 0 Å². The molecular weight excluding hydrogens is 240 g/mol. The van der Waals surface area contributed by atoms with Gasteiger partial charge in [-0.15, -0.1) is 0 Å². The zero-order chi connectivity index (χ0) is 13.7. The summed E-state index contributed by atoms with van der Waals surface area (Å²) in [5, 5.41) is 10.3. The van der Waals surface area contributed by atoms with Crippen molar-refractivity contribution in [1.29, 1.82) is 0 Å². The standard InChI is InChI=1S/C16H24O3/c1-18-11-8-13-4-6-14(7-5-13)15(17)12-16(19-2)9-3-10-16/h4-7,15,17H,3,8-12H2,1-2H3. The van der Waals surface area contributed by atoms with Gasteiger partial charge in [0.2, 0.25) is 0 Å². The molecule has 1 N–H and O–H groups in total. The summed E-state index contributed by atoms with van der Waals surface area (Å²) in [6, 6.07) is 8.16. The summed E-state index contributed by atoms with van der Waals surface area (Å²) in [4.78, 5) is 0. The van der Waals surface area contributed by atoms with Crippen molar-refractivity contribution < 1.29 is 14.6 Å². The van der Waals surface area contributed by atoms with Gasteiger partial charge in [-0.3, -0.25) is 0 Å². The first kappa shape index (κ1) is 14.5. The summed E-state index contributed by atoms with van der Waals surface area (Å²) < 4.78 is 10.6. The molecular formula is C16H24O3. The molecule has 1 aliphatic rings. The van der Waals surface area contributed by atoms with Crippen LogP contribution in [0.1, 0.15) is 42.9 Å². The van der Waals surface area contributed by atoms with Crippen LogP contribution < -0.4 is 0 Å². The molecule has 0 aliphatic heterocycles. The van der Waals surface area contributed by atoms with E-state index in [4.69, 9.17) is 9.47 Å². The first-order valence-corrected chi connectivity index (χ1v) is 7.00. The first-order chi connectivity index (χ1) is 9.19. The van der Waals surface area contributed by atoms with E-state index in [1.807, 2.05) is 12.1 Å². The number of rotatable bonds is 7. The molecule has 1 unspecified atom stereocenters. The van der Waals surface area contributed by atoms with E-state index >= 15 is 0 Å². The largest absolute Gasteiger partial charge is 0.388 e. The average Bonchev–Trinajstić information content (AvgIpc) is 2.41. The van der Waals surface area contributed by atoms with Crippen LogP contribution >= 0.6 is 0 Å². The van der Waals surface area contributed by atoms with Crippen molar-refractivity contribution in [2.24, 2.45) is 0 Å². The van der Waals surface area contributed by atoms with Crippen molar-refractivity contribution in [2.75, 3.05) is 20.8 Å². The Morgan fingerprint density at radius 1 is 1.21 bits per heavy atom. The second-order valence-corrected chi connectivity index (χ2v) is 5.44. The van der Waals surface area contributed by atoms with Gasteiger partial charge in [0.15, 0.2) is 0 Å². The maximum absolute atomic E-state index is 10.3. The van der Waals surface area contributed by atoms with Crippen molar-refractivity contribution >= 4 is 0 Å². The molecule has 19 heavy (non-hydrogen) atoms. The van der Waals surface area contributed by atoms with Gasteiger partial charge in [0.1, 0.15) is 0 Å². The van der Waals surface area contributed by atoms with Gasteiger partial charge < -0.3 is 14.6 Å². The second kappa shape index (κ2) is 6.51. The molecule has 1 atom stereocenters. The highest BCUT2D eigenvalue weighted by Gasteiger charge is 2.38. The topological polar surface area (TPSA) is 38.7 Å². The lowest BCUT2D eigenvalue weighted by atomic mass is 9.75. The van der Waals surface area contributed by atoms with E-state index in [-0.39, 0.29) is 5.60 Å². The summed E-state index contributed by atoms with van der Waals surface area (Å²) in [7, 11) is 3.46. The number of benzene rings is 1. The molecule has 2 rings (SSSR count). The molecule has 1 aromatic rings. The van der Waals surface area contributed by atoms with Crippen molar-refractivity contribution in [3.63, 3.8) is 0 Å². The Kier molecular flexibility index (Phi) is 4.97. The van der Waals surface area contributed by atoms with Crippen LogP contribution in [0.3, 0.4) is 0 Å². The van der Waals surface area contributed by atoms with Gasteiger partial charge in [-0.1, -0.05) is 24.3 Å². The van der Waals surface area contributed by atoms with Crippen LogP contribution in [-0.2, 0) is 15.9 Å². The monoisotopic (exact) mass is 264 g/mol. The molecule has 1 aromatic carbocycles. The zero-order valence-corrected chi connectivity index (χ0v) is 11.9. The van der Waals surface area contributed by atoms with Crippen molar-refractivity contribution in [3.05, 3.63) is 35.4 Å². The highest BCUT2D eigenvalue weighted by molar-refractivity contribution is 5.24. The van der Waals surface area contributed by atoms with E-state index < -0.39 is 6.10 Å². The van der Waals surface area contributed by atoms with E-state index in [0.717, 1.165) is 31.4 Å². The van der Waals surface area contributed by atoms with Gasteiger partial charge in [-0.2, -0.15) is 0 Å². The van der Waals surface area contributed by atoms with Gasteiger partial charge in [-0.05, 0) is 36.8 Å². The third-order valence-corrected chi connectivity index (χ3v) is 4.22. The minimum absolute atomic E-state index is 0.0891. The number of hydrogen-bond acceptors (Lipinski definition) is 3. The van der Waals surface area contributed by atoms with Crippen molar-refractivity contribution in [3.8, 4) is 0 Å². The Bertz CT molecular complexity index is 376. The van der Waals surface area contributed by atoms with Crippen LogP contribution in [-0.4, -0.2) is 31.5 Å². The molecule has 0 bridgehead atoms. The minimum atomic E-state index is -0.434. The lowest BCUT2D eigenvalue weighted by molar-refractivity contribution is -0.0999. The Morgan fingerprint density at radius 2 is 1.89 bits per heavy atom. The maximum Gasteiger partial charge on any atom is 0.0817 e. The predicted octanol–water partition coefficient (Wildman–Crippen LogP) is 2.87. The van der Waals surface area contributed by atoms with Crippen LogP contribution in [0, 0.1) is 0 Å². The fourth-order valence-electron chi connectivity index (χ4n) is 2.66. The Balaban J connectivity index is 1.93. The van der Waals surface area contributed by atoms with Gasteiger partial charge in [0.25, 0.3) is 0 Å². The SMILES string of the molecule is COCCc1ccc(C(O)CC2(OC)CCC2)cc1. The summed E-state index contributed by atoms with van der Waals surface area (Å²) >= 11 is 0. The molecule has 0 spiro atoms. The molecule has 0 heterocycles. The summed E-state index contributed by atoms with van der Waals surface area (Å²) in [5.74, 6) is 0. The minimum Gasteiger partial charge on any atom is -0.388 e. The molecule has 0 radical (unpaired) electrons. The molecule has 1 fully saturated rings. The molecule has 3 heteroatoms. The second-order valence-electron chi connectivity index (χ2n) is 5.44. The van der Waals surface area contributed by atoms with E-state index in [9.17, 15) is 5.11 Å². The lowest BCUT2D eigenvalue weighted by Gasteiger charge is -2.41. The number of aliphatic hydroxyl groups excluding tert-OH is 1. The summed E-state index contributed by atoms with van der Waals surface area (Å²) in [5.41, 5.74) is 2.13. The molecule has 0 saturated heterocycles. The zero-order valence-electron chi connectivity index (χ0n) is 11.9. The lowest BCUT2D eigenvalue weighted by Crippen LogP contribution is -2.40. The highest BCUT2D eigenvalue weighted by atomic mass is 16.5. The maximum atomic E-state index is 10.3. The Labute approximate surface area is 115 Å². The molecule has 1 aliphatic carbocycles. The van der Waals surface area contributed by atoms with Crippen LogP contribution in [0.4, 0.5) is 0 Å². The first-order valence-electron chi connectivity index (χ1n) is 7.00. The summed E-state index contributed by atoms with van der Waals surface area (Å²) in [6.45, 7) is 0.731. The predicted molar refractivity (Wildman–Crippen MR) is 75.2 cm³/mol. The van der Waals surface area contributed by atoms with Gasteiger partial charge in [0.05, 0.1) is 18.3 Å². The smallest absolute Gasteiger partial charge is 0.0817 e. The van der Waals surface area contributed by atoms with E-state index in [2.05, 4.69) is 12.1 Å². The summed E-state index contributed by atoms with van der Waals surface area (Å²) in [6.07, 6.45) is 4.50. The van der Waals surface area contributed by atoms with Crippen LogP contribution in [0.2, 0.25) is 0 Å². The fraction of sp³-hybridized carbons (Fsp3) is 0.625. The third-order valence-electron chi connectivity index (χ3n) is 4.22. The number of aliphatic hydroxyl groups is 1. The number of hydrogen-bond donors (Lipinski definition) is 1. The van der Waals surface area contributed by atoms with Gasteiger partial charge >= 0.3 is 0 Å². The number of methoxy groups -OCH3 is 2. The quantitative estimate of drug-likeness (QED) is 0.823. The van der Waals surface area contributed by atoms with E-state index in [1.54, 1.807) is 14.2 Å². The fourth-order valence-corrected chi connectivity index (χ4v) is 2.66. The van der Waals surface area contributed by atoms with Crippen LogP contribution in [0.15, 0.2) is 24.3 Å². The highest BCUT2D eigenvalue weighted by Crippen LogP contribution is 2.41.